The van der Waals surface area contributed by atoms with E-state index in [2.05, 4.69) is 10.6 Å². The molecule has 0 bridgehead atoms. The first-order chi connectivity index (χ1) is 13.6. The molecular weight excluding hydrogens is 360 g/mol. The van der Waals surface area contributed by atoms with E-state index in [4.69, 9.17) is 13.9 Å². The summed E-state index contributed by atoms with van der Waals surface area (Å²) in [5.41, 5.74) is 1.06. The van der Waals surface area contributed by atoms with Crippen molar-refractivity contribution >= 4 is 17.5 Å². The Labute approximate surface area is 162 Å². The molecule has 7 heteroatoms. The molecule has 3 rings (SSSR count). The van der Waals surface area contributed by atoms with Gasteiger partial charge in [-0.25, -0.2) is 0 Å². The molecule has 0 aliphatic heterocycles. The van der Waals surface area contributed by atoms with E-state index in [1.54, 1.807) is 74.0 Å². The van der Waals surface area contributed by atoms with Gasteiger partial charge in [-0.1, -0.05) is 0 Å². The molecule has 0 radical (unpaired) electrons. The number of hydrogen-bond acceptors (Lipinski definition) is 5. The summed E-state index contributed by atoms with van der Waals surface area (Å²) in [5.74, 6) is 1.43. The van der Waals surface area contributed by atoms with Crippen molar-refractivity contribution < 1.29 is 23.5 Å². The molecule has 0 saturated heterocycles. The average Bonchev–Trinajstić information content (AvgIpc) is 3.25. The second kappa shape index (κ2) is 9.27. The van der Waals surface area contributed by atoms with Gasteiger partial charge in [0.25, 0.3) is 11.8 Å². The molecule has 2 aromatic carbocycles. The van der Waals surface area contributed by atoms with Gasteiger partial charge in [0.1, 0.15) is 17.3 Å². The summed E-state index contributed by atoms with van der Waals surface area (Å²) in [6, 6.07) is 17.1. The van der Waals surface area contributed by atoms with E-state index in [-0.39, 0.29) is 18.4 Å². The zero-order valence-corrected chi connectivity index (χ0v) is 15.3. The van der Waals surface area contributed by atoms with Crippen molar-refractivity contribution in [3.8, 4) is 11.5 Å². The van der Waals surface area contributed by atoms with Gasteiger partial charge >= 0.3 is 0 Å². The zero-order chi connectivity index (χ0) is 19.8. The van der Waals surface area contributed by atoms with Crippen LogP contribution in [0.1, 0.15) is 16.1 Å². The molecule has 3 aromatic rings. The summed E-state index contributed by atoms with van der Waals surface area (Å²) >= 11 is 0. The third-order valence-corrected chi connectivity index (χ3v) is 3.86. The zero-order valence-electron chi connectivity index (χ0n) is 15.3. The van der Waals surface area contributed by atoms with Crippen LogP contribution in [-0.2, 0) is 11.3 Å². The monoisotopic (exact) mass is 380 g/mol. The molecule has 2 N–H and O–H groups in total. The van der Waals surface area contributed by atoms with Gasteiger partial charge in [-0.15, -0.1) is 0 Å². The van der Waals surface area contributed by atoms with Gasteiger partial charge in [-0.05, 0) is 60.7 Å². The third-order valence-electron chi connectivity index (χ3n) is 3.86. The van der Waals surface area contributed by atoms with Gasteiger partial charge in [0.05, 0.1) is 19.9 Å². The van der Waals surface area contributed by atoms with Crippen LogP contribution in [0.15, 0.2) is 71.3 Å². The number of carbonyl (C=O) groups is 2. The van der Waals surface area contributed by atoms with E-state index in [9.17, 15) is 9.59 Å². The average molecular weight is 380 g/mol. The lowest BCUT2D eigenvalue weighted by atomic mass is 10.2. The molecule has 7 nitrogen and oxygen atoms in total. The normalized spacial score (nSPS) is 10.2. The molecule has 1 aromatic heterocycles. The molecule has 0 saturated carbocycles. The van der Waals surface area contributed by atoms with Crippen LogP contribution >= 0.6 is 0 Å². The number of rotatable bonds is 8. The van der Waals surface area contributed by atoms with Crippen LogP contribution in [0.5, 0.6) is 11.5 Å². The Hall–Kier alpha value is -3.74. The first-order valence-electron chi connectivity index (χ1n) is 8.61. The molecule has 2 amide bonds. The second-order valence-electron chi connectivity index (χ2n) is 5.85. The Kier molecular flexibility index (Phi) is 6.30. The maximum Gasteiger partial charge on any atom is 0.262 e. The highest BCUT2D eigenvalue weighted by Crippen LogP contribution is 2.17. The molecule has 1 heterocycles. The molecule has 0 fully saturated rings. The number of furan rings is 1. The standard InChI is InChI=1S/C21H20N2O5/c1-26-17-8-10-18(11-9-17)28-14-20(24)23-16-6-4-15(5-7-16)21(25)22-13-19-3-2-12-27-19/h2-12H,13-14H2,1H3,(H,22,25)(H,23,24). The van der Waals surface area contributed by atoms with Crippen molar-refractivity contribution in [2.45, 2.75) is 6.54 Å². The quantitative estimate of drug-likeness (QED) is 0.626. The first kappa shape index (κ1) is 19.0. The number of benzene rings is 2. The lowest BCUT2D eigenvalue weighted by Gasteiger charge is -2.09. The van der Waals surface area contributed by atoms with Crippen molar-refractivity contribution in [2.75, 3.05) is 19.0 Å². The summed E-state index contributed by atoms with van der Waals surface area (Å²) in [4.78, 5) is 24.1. The molecule has 0 aliphatic carbocycles. The molecule has 0 spiro atoms. The SMILES string of the molecule is COc1ccc(OCC(=O)Nc2ccc(C(=O)NCc3ccco3)cc2)cc1. The highest BCUT2D eigenvalue weighted by atomic mass is 16.5. The minimum atomic E-state index is -0.300. The van der Waals surface area contributed by atoms with Crippen LogP contribution < -0.4 is 20.1 Å². The minimum absolute atomic E-state index is 0.127. The highest BCUT2D eigenvalue weighted by molar-refractivity contribution is 5.96. The number of nitrogens with one attached hydrogen (secondary N) is 2. The second-order valence-corrected chi connectivity index (χ2v) is 5.85. The fourth-order valence-corrected chi connectivity index (χ4v) is 2.41. The Bertz CT molecular complexity index is 903. The van der Waals surface area contributed by atoms with Crippen molar-refractivity contribution in [3.05, 3.63) is 78.3 Å². The lowest BCUT2D eigenvalue weighted by molar-refractivity contribution is -0.118. The summed E-state index contributed by atoms with van der Waals surface area (Å²) < 4.78 is 15.7. The largest absolute Gasteiger partial charge is 0.497 e. The van der Waals surface area contributed by atoms with Crippen LogP contribution in [0, 0.1) is 0 Å². The van der Waals surface area contributed by atoms with Gasteiger partial charge in [-0.3, -0.25) is 9.59 Å². The van der Waals surface area contributed by atoms with E-state index in [0.29, 0.717) is 35.1 Å². The maximum absolute atomic E-state index is 12.1. The Morgan fingerprint density at radius 1 is 0.964 bits per heavy atom. The number of ether oxygens (including phenoxy) is 2. The Morgan fingerprint density at radius 2 is 1.68 bits per heavy atom. The molecule has 0 unspecified atom stereocenters. The maximum atomic E-state index is 12.1. The number of carbonyl (C=O) groups excluding carboxylic acids is 2. The Morgan fingerprint density at radius 3 is 2.32 bits per heavy atom. The molecule has 0 atom stereocenters. The van der Waals surface area contributed by atoms with Crippen LogP contribution in [0.3, 0.4) is 0 Å². The van der Waals surface area contributed by atoms with Crippen molar-refractivity contribution in [1.82, 2.24) is 5.32 Å². The highest BCUT2D eigenvalue weighted by Gasteiger charge is 2.08. The van der Waals surface area contributed by atoms with Gasteiger partial charge < -0.3 is 24.5 Å². The number of hydrogen-bond donors (Lipinski definition) is 2. The van der Waals surface area contributed by atoms with Crippen LogP contribution in [0.25, 0.3) is 0 Å². The molecule has 144 valence electrons. The van der Waals surface area contributed by atoms with Crippen LogP contribution in [-0.4, -0.2) is 25.5 Å². The molecular formula is C21H20N2O5. The van der Waals surface area contributed by atoms with Crippen LogP contribution in [0.4, 0.5) is 5.69 Å². The predicted octanol–water partition coefficient (Wildman–Crippen LogP) is 3.24. The van der Waals surface area contributed by atoms with E-state index in [1.165, 1.54) is 0 Å². The lowest BCUT2D eigenvalue weighted by Crippen LogP contribution is -2.23. The van der Waals surface area contributed by atoms with Gasteiger partial charge in [0.2, 0.25) is 0 Å². The molecule has 0 aliphatic rings. The first-order valence-corrected chi connectivity index (χ1v) is 8.61. The van der Waals surface area contributed by atoms with E-state index in [1.807, 2.05) is 0 Å². The fourth-order valence-electron chi connectivity index (χ4n) is 2.41. The summed E-state index contributed by atoms with van der Waals surface area (Å²) in [7, 11) is 1.58. The predicted molar refractivity (Wildman–Crippen MR) is 103 cm³/mol. The van der Waals surface area contributed by atoms with Crippen molar-refractivity contribution in [3.63, 3.8) is 0 Å². The minimum Gasteiger partial charge on any atom is -0.497 e. The summed E-state index contributed by atoms with van der Waals surface area (Å²) in [6.45, 7) is 0.185. The van der Waals surface area contributed by atoms with E-state index < -0.39 is 0 Å². The fraction of sp³-hybridized carbons (Fsp3) is 0.143. The molecule has 28 heavy (non-hydrogen) atoms. The van der Waals surface area contributed by atoms with E-state index >= 15 is 0 Å². The van der Waals surface area contributed by atoms with Crippen LogP contribution in [0.2, 0.25) is 0 Å². The summed E-state index contributed by atoms with van der Waals surface area (Å²) in [6.07, 6.45) is 1.55. The summed E-state index contributed by atoms with van der Waals surface area (Å²) in [5, 5.41) is 5.48. The topological polar surface area (TPSA) is 89.8 Å². The Balaban J connectivity index is 1.46. The van der Waals surface area contributed by atoms with Crippen molar-refractivity contribution in [2.24, 2.45) is 0 Å². The van der Waals surface area contributed by atoms with Crippen molar-refractivity contribution in [1.29, 1.82) is 0 Å². The smallest absolute Gasteiger partial charge is 0.262 e. The number of amides is 2. The van der Waals surface area contributed by atoms with E-state index in [0.717, 1.165) is 0 Å². The number of methoxy groups -OCH3 is 1. The van der Waals surface area contributed by atoms with Gasteiger partial charge in [0, 0.05) is 11.3 Å². The van der Waals surface area contributed by atoms with Gasteiger partial charge in [-0.2, -0.15) is 0 Å². The van der Waals surface area contributed by atoms with Gasteiger partial charge in [0.15, 0.2) is 6.61 Å². The third kappa shape index (κ3) is 5.38. The number of anilines is 1.